The third kappa shape index (κ3) is 33.5. The van der Waals surface area contributed by atoms with E-state index in [1.165, 1.54) is 286 Å². The van der Waals surface area contributed by atoms with Crippen LogP contribution in [0.25, 0.3) is 16.9 Å². The first kappa shape index (κ1) is 78.0. The van der Waals surface area contributed by atoms with Crippen LogP contribution in [0.2, 0.25) is 0 Å². The Kier molecular flexibility index (Phi) is 53.6. The molecule has 0 bridgehead atoms. The van der Waals surface area contributed by atoms with Crippen LogP contribution < -0.4 is 0 Å². The van der Waals surface area contributed by atoms with Gasteiger partial charge >= 0.3 is 16.5 Å². The van der Waals surface area contributed by atoms with Crippen molar-refractivity contribution in [2.75, 3.05) is 0 Å². The van der Waals surface area contributed by atoms with Crippen molar-refractivity contribution in [1.29, 1.82) is 0 Å². The van der Waals surface area contributed by atoms with Gasteiger partial charge in [0, 0.05) is 22.3 Å². The Morgan fingerprint density at radius 3 is 0.725 bits per heavy atom. The van der Waals surface area contributed by atoms with Crippen LogP contribution in [0.1, 0.15) is 390 Å². The van der Waals surface area contributed by atoms with E-state index in [1.807, 2.05) is 0 Å². The second-order valence-electron chi connectivity index (χ2n) is 24.5. The first-order valence-electron chi connectivity index (χ1n) is 35.6. The molecule has 2 nitrogen and oxygen atoms in total. The summed E-state index contributed by atoms with van der Waals surface area (Å²) in [5.74, 6) is 0. The molecule has 1 aliphatic rings. The van der Waals surface area contributed by atoms with Gasteiger partial charge in [0.2, 0.25) is 11.4 Å². The molecule has 0 unspecified atom stereocenters. The zero-order valence-electron chi connectivity index (χ0n) is 55.6. The Morgan fingerprint density at radius 2 is 0.487 bits per heavy atom. The maximum Gasteiger partial charge on any atom is 2.00 e. The third-order valence-corrected chi connectivity index (χ3v) is 17.1. The SMILES string of the molecule is CCCCCCCCCCCCCC1=C(c2cc(CCCC)c(CCCC)c(CCCC)c2)[N+](=[N-])C(c2cc(CCCC)c(CCCC)c(CCCC)c2)=C1CCCCCCCC.[CH2-]CCCCCCC.[CH2-]CCCCCCC.[Ni+2]. The summed E-state index contributed by atoms with van der Waals surface area (Å²) < 4.78 is 1.77. The molecule has 2 aromatic carbocycles. The molecule has 0 saturated carbocycles. The normalized spacial score (nSPS) is 12.3. The van der Waals surface area contributed by atoms with Crippen molar-refractivity contribution in [1.82, 2.24) is 0 Å². The molecule has 2 aromatic rings. The smallest absolute Gasteiger partial charge is 0.493 e. The number of nitrogens with zero attached hydrogens (tertiary/aromatic N) is 2. The van der Waals surface area contributed by atoms with Gasteiger partial charge < -0.3 is 19.4 Å². The van der Waals surface area contributed by atoms with E-state index >= 15 is 0 Å². The van der Waals surface area contributed by atoms with Gasteiger partial charge in [-0.1, -0.05) is 268 Å². The number of unbranched alkanes of at least 4 members (excludes halogenated alkanes) is 31. The number of allylic oxidation sites excluding steroid dienone is 2. The number of hydrogen-bond donors (Lipinski definition) is 0. The van der Waals surface area contributed by atoms with Gasteiger partial charge in [-0.15, -0.1) is 0 Å². The molecule has 1 aliphatic heterocycles. The molecule has 0 aliphatic carbocycles. The van der Waals surface area contributed by atoms with Crippen LogP contribution in [-0.4, -0.2) is 4.70 Å². The number of rotatable bonds is 49. The molecule has 0 atom stereocenters. The van der Waals surface area contributed by atoms with Gasteiger partial charge in [0.05, 0.1) is 0 Å². The van der Waals surface area contributed by atoms with Gasteiger partial charge in [-0.25, -0.2) is 4.70 Å². The van der Waals surface area contributed by atoms with Crippen molar-refractivity contribution in [3.05, 3.63) is 99.3 Å². The van der Waals surface area contributed by atoms with E-state index in [2.05, 4.69) is 107 Å². The Balaban J connectivity index is 0.00000317. The Bertz CT molecular complexity index is 1750. The molecular formula is C77H136N2Ni. The summed E-state index contributed by atoms with van der Waals surface area (Å²) in [5, 5.41) is 0. The van der Waals surface area contributed by atoms with Crippen molar-refractivity contribution < 1.29 is 21.2 Å². The number of benzene rings is 2. The number of aryl methyl sites for hydroxylation is 4. The standard InChI is InChI=1S/C61H102N2.2C8H17.Ni/c1-9-17-25-27-29-30-31-32-33-35-37-45-59-58(44-36-34-28-26-18-10-2)60(54-46-50(38-19-11-3)56(42-23-15-7)51(47-54)39-20-12-4)63(62)61(59)55-48-52(40-21-13-5)57(43-24-16-8)53(49-55)41-22-14-6;2*1-3-5-7-8-6-4-2;/h46-49H,9-45H2,1-8H3;2*1,3-8H2,2H3;/q;2*-1;+2. The predicted molar refractivity (Wildman–Crippen MR) is 359 cm³/mol. The largest absolute Gasteiger partial charge is 2.00 e. The maximum atomic E-state index is 13.2. The molecule has 0 N–H and O–H groups in total. The van der Waals surface area contributed by atoms with E-state index < -0.39 is 0 Å². The van der Waals surface area contributed by atoms with Crippen molar-refractivity contribution in [3.8, 4) is 0 Å². The average Bonchev–Trinajstić information content (AvgIpc) is 4.01. The summed E-state index contributed by atoms with van der Waals surface area (Å²) in [6.45, 7) is 30.7. The summed E-state index contributed by atoms with van der Waals surface area (Å²) in [7, 11) is 0. The summed E-state index contributed by atoms with van der Waals surface area (Å²) >= 11 is 0. The van der Waals surface area contributed by atoms with Crippen molar-refractivity contribution in [3.63, 3.8) is 0 Å². The van der Waals surface area contributed by atoms with E-state index in [1.54, 1.807) is 38.1 Å². The summed E-state index contributed by atoms with van der Waals surface area (Å²) in [5.41, 5.74) is 30.3. The number of hydrogen-bond acceptors (Lipinski definition) is 0. The van der Waals surface area contributed by atoms with E-state index in [0.29, 0.717) is 0 Å². The Morgan fingerprint density at radius 1 is 0.275 bits per heavy atom. The zero-order chi connectivity index (χ0) is 58.0. The minimum absolute atomic E-state index is 0. The van der Waals surface area contributed by atoms with Crippen molar-refractivity contribution in [2.24, 2.45) is 0 Å². The molecule has 0 fully saturated rings. The van der Waals surface area contributed by atoms with E-state index in [0.717, 1.165) is 62.8 Å². The topological polar surface area (TPSA) is 25.3 Å². The molecule has 0 aromatic heterocycles. The molecule has 0 radical (unpaired) electrons. The molecule has 80 heavy (non-hydrogen) atoms. The van der Waals surface area contributed by atoms with Crippen LogP contribution in [0.3, 0.4) is 0 Å². The zero-order valence-corrected chi connectivity index (χ0v) is 56.6. The van der Waals surface area contributed by atoms with E-state index in [9.17, 15) is 5.53 Å². The second-order valence-corrected chi connectivity index (χ2v) is 24.5. The van der Waals surface area contributed by atoms with Gasteiger partial charge in [0.25, 0.3) is 0 Å². The monoisotopic (exact) mass is 1150 g/mol. The molecule has 0 saturated heterocycles. The summed E-state index contributed by atoms with van der Waals surface area (Å²) in [6, 6.07) is 10.2. The van der Waals surface area contributed by atoms with Gasteiger partial charge in [-0.05, 0) is 160 Å². The van der Waals surface area contributed by atoms with Crippen LogP contribution in [-0.2, 0) is 55.0 Å². The van der Waals surface area contributed by atoms with Gasteiger partial charge in [0.15, 0.2) is 0 Å². The molecule has 3 rings (SSSR count). The molecule has 0 amide bonds. The van der Waals surface area contributed by atoms with Crippen LogP contribution in [0.5, 0.6) is 0 Å². The molecule has 3 heteroatoms. The fraction of sp³-hybridized carbons (Fsp3) is 0.766. The quantitative estimate of drug-likeness (QED) is 0.0273. The molecular weight excluding hydrogens is 1010 g/mol. The van der Waals surface area contributed by atoms with Crippen LogP contribution in [0, 0.1) is 13.8 Å². The third-order valence-electron chi connectivity index (χ3n) is 17.1. The van der Waals surface area contributed by atoms with E-state index in [4.69, 9.17) is 0 Å². The van der Waals surface area contributed by atoms with Gasteiger partial charge in [-0.2, -0.15) is 12.8 Å². The molecule has 1 heterocycles. The Hall–Kier alpha value is -1.99. The molecule has 464 valence electrons. The van der Waals surface area contributed by atoms with Crippen LogP contribution >= 0.6 is 0 Å². The maximum absolute atomic E-state index is 13.2. The van der Waals surface area contributed by atoms with Crippen molar-refractivity contribution >= 4 is 11.4 Å². The van der Waals surface area contributed by atoms with Crippen LogP contribution in [0.15, 0.2) is 35.4 Å². The van der Waals surface area contributed by atoms with E-state index in [-0.39, 0.29) is 16.5 Å². The molecule has 0 spiro atoms. The van der Waals surface area contributed by atoms with Gasteiger partial charge in [-0.3, -0.25) is 0 Å². The fourth-order valence-electron chi connectivity index (χ4n) is 12.0. The average molecular weight is 1150 g/mol. The minimum Gasteiger partial charge on any atom is -0.493 e. The van der Waals surface area contributed by atoms with Crippen LogP contribution in [0.4, 0.5) is 0 Å². The Labute approximate surface area is 512 Å². The summed E-state index contributed by atoms with van der Waals surface area (Å²) in [6.07, 6.45) is 62.4. The predicted octanol–water partition coefficient (Wildman–Crippen LogP) is 26.7. The fourth-order valence-corrected chi connectivity index (χ4v) is 12.0. The minimum atomic E-state index is 0. The first-order chi connectivity index (χ1) is 38.8. The first-order valence-corrected chi connectivity index (χ1v) is 35.6. The second kappa shape index (κ2) is 54.9. The van der Waals surface area contributed by atoms with Gasteiger partial charge in [0.1, 0.15) is 0 Å². The van der Waals surface area contributed by atoms with Crippen molar-refractivity contribution in [2.45, 2.75) is 384 Å². The summed E-state index contributed by atoms with van der Waals surface area (Å²) in [4.78, 5) is 0.